The number of aromatic nitrogens is 3. The number of nitrogens with zero attached hydrogens (tertiary/aromatic N) is 4. The van der Waals surface area contributed by atoms with E-state index >= 15 is 0 Å². The smallest absolute Gasteiger partial charge is 0.256 e. The zero-order chi connectivity index (χ0) is 22.8. The molecule has 160 valence electrons. The number of rotatable bonds is 5. The molecule has 0 bridgehead atoms. The number of aryl methyl sites for hydroxylation is 3. The fourth-order valence-electron chi connectivity index (χ4n) is 3.71. The van der Waals surface area contributed by atoms with Gasteiger partial charge in [0.05, 0.1) is 18.3 Å². The number of fused-ring (bicyclic) bond motifs is 1. The van der Waals surface area contributed by atoms with E-state index in [4.69, 9.17) is 9.72 Å². The second-order valence-corrected chi connectivity index (χ2v) is 7.62. The van der Waals surface area contributed by atoms with Crippen molar-refractivity contribution in [2.24, 2.45) is 0 Å². The summed E-state index contributed by atoms with van der Waals surface area (Å²) in [6.45, 7) is 8.54. The van der Waals surface area contributed by atoms with E-state index in [1.165, 1.54) is 16.4 Å². The lowest BCUT2D eigenvalue weighted by Crippen LogP contribution is -2.16. The minimum atomic E-state index is -0.351. The maximum Gasteiger partial charge on any atom is 0.256 e. The van der Waals surface area contributed by atoms with Gasteiger partial charge in [-0.1, -0.05) is 11.6 Å². The Hall–Kier alpha value is -4.18. The van der Waals surface area contributed by atoms with Gasteiger partial charge in [0.1, 0.15) is 17.4 Å². The van der Waals surface area contributed by atoms with E-state index in [9.17, 15) is 10.1 Å². The molecule has 0 saturated heterocycles. The summed E-state index contributed by atoms with van der Waals surface area (Å²) < 4.78 is 6.92. The lowest BCUT2D eigenvalue weighted by Gasteiger charge is -2.13. The Balaban J connectivity index is 1.74. The lowest BCUT2D eigenvalue weighted by atomic mass is 10.0. The van der Waals surface area contributed by atoms with Crippen LogP contribution < -0.4 is 10.1 Å². The monoisotopic (exact) mass is 425 g/mol. The largest absolute Gasteiger partial charge is 0.494 e. The number of anilines is 1. The molecule has 32 heavy (non-hydrogen) atoms. The molecule has 1 amide bonds. The number of carbonyl (C=O) groups excluding carboxylic acids is 1. The fourth-order valence-corrected chi connectivity index (χ4v) is 3.71. The van der Waals surface area contributed by atoms with Gasteiger partial charge in [0.25, 0.3) is 5.91 Å². The Morgan fingerprint density at radius 1 is 1.12 bits per heavy atom. The van der Waals surface area contributed by atoms with E-state index in [0.717, 1.165) is 22.0 Å². The zero-order valence-corrected chi connectivity index (χ0v) is 18.4. The number of ether oxygens (including phenoxy) is 1. The van der Waals surface area contributed by atoms with E-state index < -0.39 is 0 Å². The molecule has 2 aromatic heterocycles. The molecular weight excluding hydrogens is 402 g/mol. The van der Waals surface area contributed by atoms with E-state index in [0.29, 0.717) is 23.7 Å². The van der Waals surface area contributed by atoms with E-state index in [-0.39, 0.29) is 17.3 Å². The van der Waals surface area contributed by atoms with Gasteiger partial charge in [-0.3, -0.25) is 4.79 Å². The summed E-state index contributed by atoms with van der Waals surface area (Å²) in [5.41, 5.74) is 4.82. The van der Waals surface area contributed by atoms with Crippen LogP contribution in [-0.4, -0.2) is 27.3 Å². The molecule has 0 aliphatic rings. The van der Waals surface area contributed by atoms with Gasteiger partial charge in [0.15, 0.2) is 11.6 Å². The second-order valence-electron chi connectivity index (χ2n) is 7.62. The average molecular weight is 425 g/mol. The van der Waals surface area contributed by atoms with Gasteiger partial charge in [-0.2, -0.15) is 15.0 Å². The molecule has 0 spiro atoms. The van der Waals surface area contributed by atoms with Crippen LogP contribution in [0.5, 0.6) is 5.75 Å². The number of pyridine rings is 1. The Bertz CT molecular complexity index is 1360. The minimum Gasteiger partial charge on any atom is -0.494 e. The highest BCUT2D eigenvalue weighted by Crippen LogP contribution is 2.27. The molecule has 4 aromatic rings. The number of amides is 1. The van der Waals surface area contributed by atoms with Crippen molar-refractivity contribution in [1.29, 1.82) is 5.26 Å². The second kappa shape index (κ2) is 8.52. The lowest BCUT2D eigenvalue weighted by molar-refractivity contribution is 0.102. The van der Waals surface area contributed by atoms with Crippen LogP contribution in [0.4, 0.5) is 5.82 Å². The van der Waals surface area contributed by atoms with Crippen molar-refractivity contribution in [3.8, 4) is 17.6 Å². The molecule has 1 N–H and O–H groups in total. The number of hydrogen-bond donors (Lipinski definition) is 1. The molecular formula is C25H23N5O2. The SMILES string of the molecule is CCOc1ccc(C(=O)Nc2c(C#N)cnn2-c2cc(C)c3cc(C)cc(C)c3n2)cc1. The maximum atomic E-state index is 12.9. The average Bonchev–Trinajstić information content (AvgIpc) is 3.17. The van der Waals surface area contributed by atoms with Crippen LogP contribution in [0.3, 0.4) is 0 Å². The molecule has 4 rings (SSSR count). The highest BCUT2D eigenvalue weighted by atomic mass is 16.5. The summed E-state index contributed by atoms with van der Waals surface area (Å²) in [6, 6.07) is 15.0. The third kappa shape index (κ3) is 3.91. The third-order valence-corrected chi connectivity index (χ3v) is 5.21. The van der Waals surface area contributed by atoms with Gasteiger partial charge >= 0.3 is 0 Å². The van der Waals surface area contributed by atoms with E-state index in [1.54, 1.807) is 24.3 Å². The first-order valence-electron chi connectivity index (χ1n) is 10.3. The number of nitriles is 1. The van der Waals surface area contributed by atoms with Crippen LogP contribution >= 0.6 is 0 Å². The minimum absolute atomic E-state index is 0.254. The molecule has 0 aliphatic carbocycles. The van der Waals surface area contributed by atoms with Crippen molar-refractivity contribution in [3.05, 3.63) is 76.5 Å². The number of hydrogen-bond acceptors (Lipinski definition) is 5. The molecule has 0 radical (unpaired) electrons. The first-order chi connectivity index (χ1) is 15.4. The topological polar surface area (TPSA) is 92.8 Å². The van der Waals surface area contributed by atoms with Gasteiger partial charge in [-0.15, -0.1) is 0 Å². The van der Waals surface area contributed by atoms with Crippen LogP contribution in [-0.2, 0) is 0 Å². The van der Waals surface area contributed by atoms with Crippen LogP contribution in [0.1, 0.15) is 39.5 Å². The highest BCUT2D eigenvalue weighted by molar-refractivity contribution is 6.04. The summed E-state index contributed by atoms with van der Waals surface area (Å²) in [5, 5.41) is 17.8. The maximum absolute atomic E-state index is 12.9. The Kier molecular flexibility index (Phi) is 5.61. The molecule has 2 heterocycles. The molecule has 0 atom stereocenters. The van der Waals surface area contributed by atoms with Crippen molar-refractivity contribution in [3.63, 3.8) is 0 Å². The predicted molar refractivity (Wildman–Crippen MR) is 123 cm³/mol. The first-order valence-corrected chi connectivity index (χ1v) is 10.3. The van der Waals surface area contributed by atoms with Gasteiger partial charge in [-0.05, 0) is 75.2 Å². The van der Waals surface area contributed by atoms with Crippen molar-refractivity contribution >= 4 is 22.6 Å². The van der Waals surface area contributed by atoms with Crippen molar-refractivity contribution < 1.29 is 9.53 Å². The van der Waals surface area contributed by atoms with E-state index in [2.05, 4.69) is 35.5 Å². The zero-order valence-electron chi connectivity index (χ0n) is 18.4. The van der Waals surface area contributed by atoms with Crippen LogP contribution in [0.2, 0.25) is 0 Å². The molecule has 0 unspecified atom stereocenters. The third-order valence-electron chi connectivity index (χ3n) is 5.21. The Labute approximate surface area is 186 Å². The Morgan fingerprint density at radius 2 is 1.88 bits per heavy atom. The molecule has 0 aliphatic heterocycles. The number of nitrogens with one attached hydrogen (secondary N) is 1. The standard InChI is InChI=1S/C25H23N5O2/c1-5-32-20-8-6-18(7-9-20)25(31)29-24-19(13-26)14-27-30(24)22-12-16(3)21-11-15(2)10-17(4)23(21)28-22/h6-12,14H,5H2,1-4H3,(H,29,31). The van der Waals surface area contributed by atoms with Crippen molar-refractivity contribution in [2.75, 3.05) is 11.9 Å². The van der Waals surface area contributed by atoms with E-state index in [1.807, 2.05) is 26.8 Å². The number of benzene rings is 2. The van der Waals surface area contributed by atoms with Gasteiger partial charge in [0, 0.05) is 10.9 Å². The van der Waals surface area contributed by atoms with Crippen molar-refractivity contribution in [2.45, 2.75) is 27.7 Å². The first kappa shape index (κ1) is 21.1. The van der Waals surface area contributed by atoms with Gasteiger partial charge in [0.2, 0.25) is 0 Å². The van der Waals surface area contributed by atoms with Crippen LogP contribution in [0.15, 0.2) is 48.7 Å². The fraction of sp³-hybridized carbons (Fsp3) is 0.200. The summed E-state index contributed by atoms with van der Waals surface area (Å²) >= 11 is 0. The summed E-state index contributed by atoms with van der Waals surface area (Å²) in [6.07, 6.45) is 1.43. The molecule has 7 heteroatoms. The number of carbonyl (C=O) groups is 1. The van der Waals surface area contributed by atoms with Gasteiger partial charge < -0.3 is 10.1 Å². The predicted octanol–water partition coefficient (Wildman–Crippen LogP) is 4.87. The van der Waals surface area contributed by atoms with Crippen molar-refractivity contribution in [1.82, 2.24) is 14.8 Å². The summed E-state index contributed by atoms with van der Waals surface area (Å²) in [7, 11) is 0. The summed E-state index contributed by atoms with van der Waals surface area (Å²) in [4.78, 5) is 17.7. The quantitative estimate of drug-likeness (QED) is 0.492. The summed E-state index contributed by atoms with van der Waals surface area (Å²) in [5.74, 6) is 1.15. The normalized spacial score (nSPS) is 10.7. The molecule has 0 fully saturated rings. The van der Waals surface area contributed by atoms with Crippen LogP contribution in [0, 0.1) is 32.1 Å². The molecule has 2 aromatic carbocycles. The molecule has 0 saturated carbocycles. The highest BCUT2D eigenvalue weighted by Gasteiger charge is 2.18. The van der Waals surface area contributed by atoms with Crippen LogP contribution in [0.25, 0.3) is 16.7 Å². The molecule has 7 nitrogen and oxygen atoms in total. The van der Waals surface area contributed by atoms with Gasteiger partial charge in [-0.25, -0.2) is 4.98 Å². The Morgan fingerprint density at radius 3 is 2.56 bits per heavy atom.